The number of hydrogen-bond acceptors (Lipinski definition) is 3. The Hall–Kier alpha value is 0.610. The molecule has 0 aromatic carbocycles. The summed E-state index contributed by atoms with van der Waals surface area (Å²) in [6, 6.07) is 0. The Morgan fingerprint density at radius 2 is 2.23 bits per heavy atom. The first-order valence-electron chi connectivity index (χ1n) is 3.72. The van der Waals surface area contributed by atoms with Crippen molar-refractivity contribution in [1.29, 1.82) is 0 Å². The fourth-order valence-corrected chi connectivity index (χ4v) is 1.69. The van der Waals surface area contributed by atoms with Gasteiger partial charge in [-0.1, -0.05) is 13.0 Å². The zero-order valence-corrected chi connectivity index (χ0v) is 11.0. The second-order valence-corrected chi connectivity index (χ2v) is 4.30. The summed E-state index contributed by atoms with van der Waals surface area (Å²) >= 11 is 0. The van der Waals surface area contributed by atoms with Crippen molar-refractivity contribution in [3.8, 4) is 0 Å². The van der Waals surface area contributed by atoms with Crippen molar-refractivity contribution in [2.45, 2.75) is 6.92 Å². The molecule has 2 N–H and O–H groups in total. The molecule has 0 saturated heterocycles. The van der Waals surface area contributed by atoms with Crippen LogP contribution in [0.15, 0.2) is 12.7 Å². The summed E-state index contributed by atoms with van der Waals surface area (Å²) in [4.78, 5) is 0. The van der Waals surface area contributed by atoms with Crippen LogP contribution in [0.4, 0.5) is 0 Å². The van der Waals surface area contributed by atoms with E-state index < -0.39 is 10.1 Å². The predicted octanol–water partition coefficient (Wildman–Crippen LogP) is -2.60. The summed E-state index contributed by atoms with van der Waals surface area (Å²) in [6.45, 7) is 6.47. The molecule has 0 spiro atoms. The van der Waals surface area contributed by atoms with Gasteiger partial charge in [0.25, 0.3) is 10.1 Å². The predicted molar refractivity (Wildman–Crippen MR) is 49.8 cm³/mol. The minimum absolute atomic E-state index is 0. The van der Waals surface area contributed by atoms with E-state index in [2.05, 4.69) is 11.9 Å². The molecule has 74 valence electrons. The Labute approximate surface area is 103 Å². The molecule has 0 bridgehead atoms. The van der Waals surface area contributed by atoms with Gasteiger partial charge < -0.3 is 6.74 Å². The largest absolute Gasteiger partial charge is 1.00 e. The van der Waals surface area contributed by atoms with Crippen molar-refractivity contribution in [2.75, 3.05) is 18.8 Å². The SMILES string of the molecule is C=CCNCC(C)CS(=O)(=O)O.[H-].[Na+]. The van der Waals surface area contributed by atoms with Crippen LogP contribution in [0, 0.1) is 5.92 Å². The molecule has 0 aliphatic rings. The summed E-state index contributed by atoms with van der Waals surface area (Å²) in [5.74, 6) is -0.281. The van der Waals surface area contributed by atoms with Crippen LogP contribution in [0.25, 0.3) is 0 Å². The van der Waals surface area contributed by atoms with Gasteiger partial charge in [-0.15, -0.1) is 6.58 Å². The van der Waals surface area contributed by atoms with Crippen LogP contribution in [-0.4, -0.2) is 31.8 Å². The van der Waals surface area contributed by atoms with Crippen molar-refractivity contribution in [1.82, 2.24) is 5.32 Å². The Morgan fingerprint density at radius 1 is 1.69 bits per heavy atom. The van der Waals surface area contributed by atoms with Gasteiger partial charge in [0.05, 0.1) is 5.75 Å². The van der Waals surface area contributed by atoms with E-state index in [1.54, 1.807) is 13.0 Å². The normalized spacial score (nSPS) is 13.1. The van der Waals surface area contributed by atoms with Gasteiger partial charge in [-0.25, -0.2) is 0 Å². The van der Waals surface area contributed by atoms with Gasteiger partial charge in [0.1, 0.15) is 0 Å². The van der Waals surface area contributed by atoms with Crippen molar-refractivity contribution < 1.29 is 44.0 Å². The van der Waals surface area contributed by atoms with E-state index in [0.717, 1.165) is 0 Å². The molecule has 0 heterocycles. The van der Waals surface area contributed by atoms with Crippen LogP contribution in [-0.2, 0) is 10.1 Å². The molecular formula is C7H16NNaO3S. The second kappa shape index (κ2) is 7.96. The van der Waals surface area contributed by atoms with Crippen LogP contribution in [0.2, 0.25) is 0 Å². The van der Waals surface area contributed by atoms with Crippen LogP contribution < -0.4 is 34.9 Å². The van der Waals surface area contributed by atoms with Gasteiger partial charge >= 0.3 is 29.6 Å². The van der Waals surface area contributed by atoms with Gasteiger partial charge in [0.15, 0.2) is 0 Å². The Bertz CT molecular complexity index is 233. The average Bonchev–Trinajstić information content (AvgIpc) is 1.84. The molecule has 0 radical (unpaired) electrons. The fourth-order valence-electron chi connectivity index (χ4n) is 0.850. The molecular weight excluding hydrogens is 201 g/mol. The van der Waals surface area contributed by atoms with Crippen molar-refractivity contribution in [2.24, 2.45) is 5.92 Å². The minimum Gasteiger partial charge on any atom is -1.00 e. The zero-order chi connectivity index (χ0) is 9.61. The zero-order valence-electron chi connectivity index (χ0n) is 9.16. The maximum absolute atomic E-state index is 10.4. The van der Waals surface area contributed by atoms with E-state index in [0.29, 0.717) is 13.1 Å². The molecule has 0 saturated carbocycles. The Balaban J connectivity index is -0.000000605. The van der Waals surface area contributed by atoms with Gasteiger partial charge in [-0.3, -0.25) is 4.55 Å². The second-order valence-electron chi connectivity index (χ2n) is 2.80. The standard InChI is InChI=1S/C7H15NO3S.Na.H/c1-3-4-8-5-7(2)6-12(9,10)11;;/h3,7-8H,1,4-6H2,2H3,(H,9,10,11);;/q;+1;-1. The molecule has 6 heteroatoms. The van der Waals surface area contributed by atoms with Crippen molar-refractivity contribution in [3.63, 3.8) is 0 Å². The summed E-state index contributed by atoms with van der Waals surface area (Å²) < 4.78 is 29.2. The van der Waals surface area contributed by atoms with E-state index >= 15 is 0 Å². The number of hydrogen-bond donors (Lipinski definition) is 2. The van der Waals surface area contributed by atoms with Crippen molar-refractivity contribution in [3.05, 3.63) is 12.7 Å². The summed E-state index contributed by atoms with van der Waals surface area (Å²) in [6.07, 6.45) is 1.69. The van der Waals surface area contributed by atoms with E-state index in [1.807, 2.05) is 0 Å². The quantitative estimate of drug-likeness (QED) is 0.222. The summed E-state index contributed by atoms with van der Waals surface area (Å²) in [7, 11) is -3.83. The van der Waals surface area contributed by atoms with E-state index in [9.17, 15) is 8.42 Å². The third-order valence-electron chi connectivity index (χ3n) is 1.28. The molecule has 0 aromatic rings. The molecule has 0 rings (SSSR count). The molecule has 0 aliphatic carbocycles. The smallest absolute Gasteiger partial charge is 1.00 e. The van der Waals surface area contributed by atoms with E-state index in [4.69, 9.17) is 4.55 Å². The molecule has 1 unspecified atom stereocenters. The van der Waals surface area contributed by atoms with Crippen LogP contribution in [0.5, 0.6) is 0 Å². The Morgan fingerprint density at radius 3 is 2.62 bits per heavy atom. The van der Waals surface area contributed by atoms with E-state index in [1.165, 1.54) is 0 Å². The third kappa shape index (κ3) is 12.6. The van der Waals surface area contributed by atoms with Gasteiger partial charge in [-0.05, 0) is 12.5 Å². The maximum atomic E-state index is 10.4. The number of nitrogens with one attached hydrogen (secondary N) is 1. The minimum atomic E-state index is -3.83. The van der Waals surface area contributed by atoms with Crippen LogP contribution >= 0.6 is 0 Å². The van der Waals surface area contributed by atoms with Gasteiger partial charge in [0, 0.05) is 6.54 Å². The van der Waals surface area contributed by atoms with Gasteiger partial charge in [0.2, 0.25) is 0 Å². The van der Waals surface area contributed by atoms with Gasteiger partial charge in [-0.2, -0.15) is 8.42 Å². The maximum Gasteiger partial charge on any atom is 1.00 e. The first-order valence-corrected chi connectivity index (χ1v) is 5.33. The monoisotopic (exact) mass is 217 g/mol. The molecule has 0 fully saturated rings. The molecule has 4 nitrogen and oxygen atoms in total. The Kier molecular flexibility index (Phi) is 9.83. The average molecular weight is 217 g/mol. The first-order chi connectivity index (χ1) is 5.45. The van der Waals surface area contributed by atoms with Crippen LogP contribution in [0.1, 0.15) is 8.35 Å². The fraction of sp³-hybridized carbons (Fsp3) is 0.714. The number of rotatable bonds is 6. The van der Waals surface area contributed by atoms with Crippen molar-refractivity contribution >= 4 is 10.1 Å². The molecule has 0 amide bonds. The first kappa shape index (κ1) is 16.1. The molecule has 13 heavy (non-hydrogen) atoms. The topological polar surface area (TPSA) is 66.4 Å². The molecule has 1 atom stereocenters. The van der Waals surface area contributed by atoms with E-state index in [-0.39, 0.29) is 42.7 Å². The summed E-state index contributed by atoms with van der Waals surface area (Å²) in [5.41, 5.74) is 0. The molecule has 0 aromatic heterocycles. The third-order valence-corrected chi connectivity index (χ3v) is 2.27. The summed E-state index contributed by atoms with van der Waals surface area (Å²) in [5, 5.41) is 2.96. The molecule has 0 aliphatic heterocycles. The van der Waals surface area contributed by atoms with Crippen LogP contribution in [0.3, 0.4) is 0 Å².